The highest BCUT2D eigenvalue weighted by Crippen LogP contribution is 2.14. The molecule has 0 aromatic heterocycles. The highest BCUT2D eigenvalue weighted by molar-refractivity contribution is 5.56. The minimum absolute atomic E-state index is 1.02. The Morgan fingerprint density at radius 1 is 1.07 bits per heavy atom. The van der Waals surface area contributed by atoms with Crippen LogP contribution in [0.2, 0.25) is 0 Å². The third-order valence-electron chi connectivity index (χ3n) is 2.41. The van der Waals surface area contributed by atoms with Gasteiger partial charge in [0, 0.05) is 0 Å². The Kier molecular flexibility index (Phi) is 2.64. The molecule has 0 nitrogen and oxygen atoms in total. The number of hydrogen-bond acceptors (Lipinski definition) is 0. The van der Waals surface area contributed by atoms with Gasteiger partial charge in [-0.1, -0.05) is 60.2 Å². The van der Waals surface area contributed by atoms with Crippen molar-refractivity contribution in [1.82, 2.24) is 0 Å². The van der Waals surface area contributed by atoms with Gasteiger partial charge in [-0.05, 0) is 24.5 Å². The van der Waals surface area contributed by atoms with Crippen molar-refractivity contribution in [3.63, 3.8) is 0 Å². The van der Waals surface area contributed by atoms with Crippen LogP contribution in [0, 0.1) is 0 Å². The van der Waals surface area contributed by atoms with Crippen LogP contribution in [-0.4, -0.2) is 0 Å². The number of allylic oxidation sites excluding steroid dienone is 5. The first-order chi connectivity index (χ1) is 6.86. The van der Waals surface area contributed by atoms with Crippen LogP contribution in [0.15, 0.2) is 54.1 Å². The molecule has 0 bridgehead atoms. The number of hydrogen-bond donors (Lipinski definition) is 0. The Labute approximate surface area is 85.3 Å². The lowest BCUT2D eigenvalue weighted by molar-refractivity contribution is 1.25. The van der Waals surface area contributed by atoms with Gasteiger partial charge in [0.25, 0.3) is 0 Å². The number of benzene rings is 1. The van der Waals surface area contributed by atoms with E-state index in [2.05, 4.69) is 61.6 Å². The molecular formula is C14H14. The molecule has 0 fully saturated rings. The molecule has 1 aliphatic rings. The highest BCUT2D eigenvalue weighted by atomic mass is 14.0. The summed E-state index contributed by atoms with van der Waals surface area (Å²) in [5.74, 6) is 0. The van der Waals surface area contributed by atoms with E-state index in [1.54, 1.807) is 0 Å². The zero-order valence-electron chi connectivity index (χ0n) is 8.40. The normalized spacial score (nSPS) is 23.4. The average Bonchev–Trinajstić information content (AvgIpc) is 2.28. The molecule has 0 spiro atoms. The largest absolute Gasteiger partial charge is 0.0798 e. The molecule has 1 aromatic rings. The average molecular weight is 182 g/mol. The van der Waals surface area contributed by atoms with Gasteiger partial charge < -0.3 is 0 Å². The van der Waals surface area contributed by atoms with Gasteiger partial charge in [0.2, 0.25) is 0 Å². The van der Waals surface area contributed by atoms with E-state index < -0.39 is 0 Å². The summed E-state index contributed by atoms with van der Waals surface area (Å²) in [7, 11) is 0. The topological polar surface area (TPSA) is 0 Å². The third kappa shape index (κ3) is 2.02. The molecule has 0 N–H and O–H groups in total. The molecule has 0 amide bonds. The van der Waals surface area contributed by atoms with Crippen molar-refractivity contribution in [2.75, 3.05) is 0 Å². The fourth-order valence-corrected chi connectivity index (χ4v) is 1.61. The van der Waals surface area contributed by atoms with E-state index in [0.717, 1.165) is 6.42 Å². The molecule has 0 unspecified atom stereocenters. The summed E-state index contributed by atoms with van der Waals surface area (Å²) < 4.78 is 0. The van der Waals surface area contributed by atoms with E-state index in [9.17, 15) is 0 Å². The first-order valence-electron chi connectivity index (χ1n) is 4.96. The Morgan fingerprint density at radius 3 is 2.86 bits per heavy atom. The molecule has 0 aliphatic heterocycles. The first-order valence-corrected chi connectivity index (χ1v) is 4.96. The monoisotopic (exact) mass is 182 g/mol. The van der Waals surface area contributed by atoms with Crippen LogP contribution >= 0.6 is 0 Å². The van der Waals surface area contributed by atoms with E-state index in [1.807, 2.05) is 0 Å². The van der Waals surface area contributed by atoms with Crippen molar-refractivity contribution in [3.05, 3.63) is 65.3 Å². The fourth-order valence-electron chi connectivity index (χ4n) is 1.61. The van der Waals surface area contributed by atoms with Crippen LogP contribution in [0.4, 0.5) is 0 Å². The second kappa shape index (κ2) is 4.10. The smallest absolute Gasteiger partial charge is 0.00883 e. The molecule has 0 heterocycles. The molecule has 1 aromatic carbocycles. The molecule has 0 heteroatoms. The van der Waals surface area contributed by atoms with Gasteiger partial charge in [-0.25, -0.2) is 0 Å². The summed E-state index contributed by atoms with van der Waals surface area (Å²) in [6.45, 7) is 2.12. The maximum Gasteiger partial charge on any atom is -0.00883 e. The molecular weight excluding hydrogens is 168 g/mol. The summed E-state index contributed by atoms with van der Waals surface area (Å²) in [5, 5.41) is 0. The molecule has 2 rings (SSSR count). The SMILES string of the molecule is CC1=C/C=C/c2ccccc2C\C=C\1. The van der Waals surface area contributed by atoms with E-state index in [0.29, 0.717) is 0 Å². The van der Waals surface area contributed by atoms with Crippen molar-refractivity contribution in [2.45, 2.75) is 13.3 Å². The van der Waals surface area contributed by atoms with Gasteiger partial charge in [-0.2, -0.15) is 0 Å². The lowest BCUT2D eigenvalue weighted by Crippen LogP contribution is -1.85. The third-order valence-corrected chi connectivity index (χ3v) is 2.41. The maximum absolute atomic E-state index is 2.22. The molecule has 1 aliphatic carbocycles. The number of fused-ring (bicyclic) bond motifs is 1. The zero-order chi connectivity index (χ0) is 9.80. The lowest BCUT2D eigenvalue weighted by atomic mass is 10.0. The van der Waals surface area contributed by atoms with Crippen LogP contribution in [0.3, 0.4) is 0 Å². The summed E-state index contributed by atoms with van der Waals surface area (Å²) in [6.07, 6.45) is 11.8. The Balaban J connectivity index is 2.43. The molecule has 0 saturated carbocycles. The second-order valence-electron chi connectivity index (χ2n) is 3.58. The first kappa shape index (κ1) is 9.01. The predicted octanol–water partition coefficient (Wildman–Crippen LogP) is 3.76. The van der Waals surface area contributed by atoms with Crippen LogP contribution in [0.25, 0.3) is 6.08 Å². The van der Waals surface area contributed by atoms with E-state index in [4.69, 9.17) is 0 Å². The molecule has 0 saturated heterocycles. The zero-order valence-corrected chi connectivity index (χ0v) is 8.40. The molecule has 0 radical (unpaired) electrons. The van der Waals surface area contributed by atoms with E-state index in [1.165, 1.54) is 16.7 Å². The van der Waals surface area contributed by atoms with Crippen molar-refractivity contribution in [1.29, 1.82) is 0 Å². The Morgan fingerprint density at radius 2 is 1.93 bits per heavy atom. The van der Waals surface area contributed by atoms with Crippen molar-refractivity contribution in [2.24, 2.45) is 0 Å². The molecule has 14 heavy (non-hydrogen) atoms. The van der Waals surface area contributed by atoms with Gasteiger partial charge in [0.05, 0.1) is 0 Å². The van der Waals surface area contributed by atoms with Crippen molar-refractivity contribution >= 4 is 6.08 Å². The Bertz CT molecular complexity index is 406. The number of rotatable bonds is 0. The summed E-state index contributed by atoms with van der Waals surface area (Å²) in [6, 6.07) is 8.53. The van der Waals surface area contributed by atoms with Gasteiger partial charge in [-0.3, -0.25) is 0 Å². The minimum Gasteiger partial charge on any atom is -0.0798 e. The molecule has 70 valence electrons. The highest BCUT2D eigenvalue weighted by Gasteiger charge is 1.96. The minimum atomic E-state index is 1.02. The van der Waals surface area contributed by atoms with Gasteiger partial charge in [0.15, 0.2) is 0 Å². The predicted molar refractivity (Wildman–Crippen MR) is 62.1 cm³/mol. The van der Waals surface area contributed by atoms with E-state index in [-0.39, 0.29) is 0 Å². The standard InChI is InChI=1S/C14H14/c1-12-6-4-10-13-8-2-3-9-14(13)11-5-7-12/h2-10H,11H2,1H3/b7-5+,10-4+,12-6-. The maximum atomic E-state index is 2.22. The summed E-state index contributed by atoms with van der Waals surface area (Å²) in [5.41, 5.74) is 4.01. The summed E-state index contributed by atoms with van der Waals surface area (Å²) in [4.78, 5) is 0. The van der Waals surface area contributed by atoms with E-state index >= 15 is 0 Å². The van der Waals surface area contributed by atoms with Gasteiger partial charge in [-0.15, -0.1) is 0 Å². The quantitative estimate of drug-likeness (QED) is 0.573. The van der Waals surface area contributed by atoms with Gasteiger partial charge in [0.1, 0.15) is 0 Å². The van der Waals surface area contributed by atoms with Crippen LogP contribution in [0.5, 0.6) is 0 Å². The Hall–Kier alpha value is -1.56. The van der Waals surface area contributed by atoms with Crippen molar-refractivity contribution in [3.8, 4) is 0 Å². The second-order valence-corrected chi connectivity index (χ2v) is 3.58. The summed E-state index contributed by atoms with van der Waals surface area (Å²) >= 11 is 0. The lowest BCUT2D eigenvalue weighted by Gasteiger charge is -2.01. The van der Waals surface area contributed by atoms with Crippen LogP contribution < -0.4 is 0 Å². The van der Waals surface area contributed by atoms with Crippen molar-refractivity contribution < 1.29 is 0 Å². The van der Waals surface area contributed by atoms with Crippen LogP contribution in [-0.2, 0) is 6.42 Å². The van der Waals surface area contributed by atoms with Gasteiger partial charge >= 0.3 is 0 Å². The fraction of sp³-hybridized carbons (Fsp3) is 0.143. The molecule has 0 atom stereocenters. The van der Waals surface area contributed by atoms with Crippen LogP contribution in [0.1, 0.15) is 18.1 Å².